The molecule has 0 radical (unpaired) electrons. The minimum atomic E-state index is -0.909. The number of aliphatic hydroxyl groups is 1. The van der Waals surface area contributed by atoms with Gasteiger partial charge in [0.25, 0.3) is 0 Å². The highest BCUT2D eigenvalue weighted by Crippen LogP contribution is 2.45. The first-order valence-corrected chi connectivity index (χ1v) is 7.92. The summed E-state index contributed by atoms with van der Waals surface area (Å²) in [5.74, 6) is 1.72. The summed E-state index contributed by atoms with van der Waals surface area (Å²) in [6.07, 6.45) is 2.31. The first-order chi connectivity index (χ1) is 8.88. The third-order valence-electron chi connectivity index (χ3n) is 3.35. The van der Waals surface area contributed by atoms with E-state index in [1.807, 2.05) is 0 Å². The van der Waals surface area contributed by atoms with E-state index < -0.39 is 5.60 Å². The summed E-state index contributed by atoms with van der Waals surface area (Å²) in [5.41, 5.74) is -0.0862. The van der Waals surface area contributed by atoms with E-state index in [1.165, 1.54) is 0 Å². The average molecular weight is 305 g/mol. The smallest absolute Gasteiger partial charge is 0.117 e. The van der Waals surface area contributed by atoms with Crippen LogP contribution in [0, 0.1) is 5.41 Å². The lowest BCUT2D eigenvalue weighted by Crippen LogP contribution is -2.42. The van der Waals surface area contributed by atoms with E-state index in [4.69, 9.17) is 16.3 Å². The summed E-state index contributed by atoms with van der Waals surface area (Å²) in [5, 5.41) is 15.8. The van der Waals surface area contributed by atoms with Gasteiger partial charge in [-0.25, -0.2) is 0 Å². The second-order valence-electron chi connectivity index (χ2n) is 5.92. The van der Waals surface area contributed by atoms with Crippen molar-refractivity contribution in [3.8, 4) is 0 Å². The van der Waals surface area contributed by atoms with Gasteiger partial charge >= 0.3 is 0 Å². The van der Waals surface area contributed by atoms with E-state index in [0.717, 1.165) is 11.4 Å². The number of aromatic nitrogens is 2. The molecule has 1 saturated heterocycles. The van der Waals surface area contributed by atoms with Gasteiger partial charge in [-0.2, -0.15) is 16.9 Å². The Morgan fingerprint density at radius 1 is 1.53 bits per heavy atom. The topological polar surface area (TPSA) is 47.3 Å². The second-order valence-corrected chi connectivity index (χ2v) is 7.32. The standard InChI is InChI=1S/C13H21ClN2O2S/c1-12(2)7-13(17,9-19-8-12)11-10(14)6-15-16(11)4-5-18-3/h6,17H,4-5,7-9H2,1-3H3. The van der Waals surface area contributed by atoms with E-state index in [2.05, 4.69) is 18.9 Å². The lowest BCUT2D eigenvalue weighted by atomic mass is 9.80. The van der Waals surface area contributed by atoms with Crippen molar-refractivity contribution in [1.29, 1.82) is 0 Å². The average Bonchev–Trinajstić information content (AvgIpc) is 2.66. The van der Waals surface area contributed by atoms with Crippen LogP contribution in [0.3, 0.4) is 0 Å². The van der Waals surface area contributed by atoms with Gasteiger partial charge in [-0.15, -0.1) is 0 Å². The van der Waals surface area contributed by atoms with Crippen LogP contribution in [0.2, 0.25) is 5.02 Å². The molecule has 0 saturated carbocycles. The van der Waals surface area contributed by atoms with Crippen molar-refractivity contribution in [2.24, 2.45) is 5.41 Å². The molecule has 19 heavy (non-hydrogen) atoms. The van der Waals surface area contributed by atoms with Crippen molar-refractivity contribution in [3.63, 3.8) is 0 Å². The highest BCUT2D eigenvalue weighted by molar-refractivity contribution is 7.99. The molecule has 4 nitrogen and oxygen atoms in total. The number of methoxy groups -OCH3 is 1. The first kappa shape index (κ1) is 15.2. The number of nitrogens with zero attached hydrogens (tertiary/aromatic N) is 2. The molecular formula is C13H21ClN2O2S. The molecule has 1 aliphatic rings. The van der Waals surface area contributed by atoms with Crippen molar-refractivity contribution in [1.82, 2.24) is 9.78 Å². The van der Waals surface area contributed by atoms with Gasteiger partial charge in [0.05, 0.1) is 30.1 Å². The number of hydrogen-bond acceptors (Lipinski definition) is 4. The van der Waals surface area contributed by atoms with Crippen LogP contribution in [0.5, 0.6) is 0 Å². The van der Waals surface area contributed by atoms with Gasteiger partial charge in [-0.3, -0.25) is 4.68 Å². The summed E-state index contributed by atoms with van der Waals surface area (Å²) < 4.78 is 6.85. The van der Waals surface area contributed by atoms with E-state index >= 15 is 0 Å². The molecule has 1 aliphatic heterocycles. The van der Waals surface area contributed by atoms with Crippen molar-refractivity contribution in [2.75, 3.05) is 25.2 Å². The lowest BCUT2D eigenvalue weighted by molar-refractivity contribution is 0.00668. The minimum absolute atomic E-state index is 0.0946. The van der Waals surface area contributed by atoms with Crippen LogP contribution in [0.15, 0.2) is 6.20 Å². The fraction of sp³-hybridized carbons (Fsp3) is 0.769. The van der Waals surface area contributed by atoms with E-state index in [-0.39, 0.29) is 5.41 Å². The molecule has 0 bridgehead atoms. The van der Waals surface area contributed by atoms with E-state index in [0.29, 0.717) is 30.3 Å². The molecule has 1 atom stereocenters. The molecule has 1 aromatic rings. The fourth-order valence-corrected chi connectivity index (χ4v) is 4.36. The van der Waals surface area contributed by atoms with Gasteiger partial charge in [0.2, 0.25) is 0 Å². The van der Waals surface area contributed by atoms with Crippen LogP contribution >= 0.6 is 23.4 Å². The Kier molecular flexibility index (Phi) is 4.50. The van der Waals surface area contributed by atoms with Gasteiger partial charge in [-0.05, 0) is 17.6 Å². The van der Waals surface area contributed by atoms with Gasteiger partial charge in [0, 0.05) is 12.9 Å². The first-order valence-electron chi connectivity index (χ1n) is 6.39. The van der Waals surface area contributed by atoms with Gasteiger partial charge in [0.1, 0.15) is 5.60 Å². The molecule has 0 aromatic carbocycles. The van der Waals surface area contributed by atoms with Gasteiger partial charge in [-0.1, -0.05) is 25.4 Å². The number of thioether (sulfide) groups is 1. The molecule has 0 amide bonds. The Labute approximate surface area is 123 Å². The molecular weight excluding hydrogens is 284 g/mol. The van der Waals surface area contributed by atoms with E-state index in [9.17, 15) is 5.11 Å². The molecule has 6 heteroatoms. The molecule has 108 valence electrons. The summed E-state index contributed by atoms with van der Waals surface area (Å²) in [6, 6.07) is 0. The summed E-state index contributed by atoms with van der Waals surface area (Å²) in [4.78, 5) is 0. The van der Waals surface area contributed by atoms with Crippen molar-refractivity contribution in [2.45, 2.75) is 32.4 Å². The summed E-state index contributed by atoms with van der Waals surface area (Å²) in [7, 11) is 1.65. The van der Waals surface area contributed by atoms with Crippen LogP contribution in [-0.4, -0.2) is 40.1 Å². The Morgan fingerprint density at radius 3 is 2.89 bits per heavy atom. The lowest BCUT2D eigenvalue weighted by Gasteiger charge is -2.41. The largest absolute Gasteiger partial charge is 0.383 e. The van der Waals surface area contributed by atoms with Crippen LogP contribution in [0.25, 0.3) is 0 Å². The Morgan fingerprint density at radius 2 is 2.26 bits per heavy atom. The highest BCUT2D eigenvalue weighted by Gasteiger charge is 2.43. The normalized spacial score (nSPS) is 26.6. The molecule has 1 fully saturated rings. The summed E-state index contributed by atoms with van der Waals surface area (Å²) >= 11 is 8.01. The molecule has 2 rings (SSSR count). The third kappa shape index (κ3) is 3.27. The van der Waals surface area contributed by atoms with Crippen LogP contribution in [-0.2, 0) is 16.9 Å². The Hall–Kier alpha value is -0.230. The van der Waals surface area contributed by atoms with Crippen molar-refractivity contribution < 1.29 is 9.84 Å². The molecule has 0 spiro atoms. The van der Waals surface area contributed by atoms with Crippen LogP contribution in [0.4, 0.5) is 0 Å². The quantitative estimate of drug-likeness (QED) is 0.928. The SMILES string of the molecule is COCCn1ncc(Cl)c1C1(O)CSCC(C)(C)C1. The number of ether oxygens (including phenoxy) is 1. The minimum Gasteiger partial charge on any atom is -0.383 e. The predicted octanol–water partition coefficient (Wildman–Crippen LogP) is 2.53. The third-order valence-corrected chi connectivity index (χ3v) is 5.29. The number of rotatable bonds is 4. The maximum absolute atomic E-state index is 11.0. The summed E-state index contributed by atoms with van der Waals surface area (Å²) in [6.45, 7) is 5.51. The zero-order valence-electron chi connectivity index (χ0n) is 11.6. The Balaban J connectivity index is 2.31. The molecule has 0 aliphatic carbocycles. The number of hydrogen-bond donors (Lipinski definition) is 1. The maximum atomic E-state index is 11.0. The maximum Gasteiger partial charge on any atom is 0.117 e. The molecule has 1 N–H and O–H groups in total. The van der Waals surface area contributed by atoms with Crippen LogP contribution < -0.4 is 0 Å². The zero-order chi connectivity index (χ0) is 14.1. The number of halogens is 1. The van der Waals surface area contributed by atoms with Crippen molar-refractivity contribution in [3.05, 3.63) is 16.9 Å². The van der Waals surface area contributed by atoms with Gasteiger partial charge < -0.3 is 9.84 Å². The monoisotopic (exact) mass is 304 g/mol. The molecule has 1 aromatic heterocycles. The van der Waals surface area contributed by atoms with Gasteiger partial charge in [0.15, 0.2) is 0 Å². The fourth-order valence-electron chi connectivity index (χ4n) is 2.71. The highest BCUT2D eigenvalue weighted by atomic mass is 35.5. The molecule has 1 unspecified atom stereocenters. The predicted molar refractivity (Wildman–Crippen MR) is 78.7 cm³/mol. The zero-order valence-corrected chi connectivity index (χ0v) is 13.2. The second kappa shape index (κ2) is 5.64. The van der Waals surface area contributed by atoms with E-state index in [1.54, 1.807) is 29.8 Å². The van der Waals surface area contributed by atoms with Crippen LogP contribution in [0.1, 0.15) is 26.0 Å². The van der Waals surface area contributed by atoms with Crippen molar-refractivity contribution >= 4 is 23.4 Å². The Bertz CT molecular complexity index is 450. The molecule has 2 heterocycles.